The molecule has 1 aromatic heterocycles. The molecule has 2 N–H and O–H groups in total. The number of aromatic nitrogens is 1. The second-order valence-electron chi connectivity index (χ2n) is 3.68. The molecule has 1 aromatic carbocycles. The van der Waals surface area contributed by atoms with Crippen molar-refractivity contribution in [2.24, 2.45) is 0 Å². The van der Waals surface area contributed by atoms with Crippen molar-refractivity contribution in [3.63, 3.8) is 0 Å². The van der Waals surface area contributed by atoms with Crippen LogP contribution in [0.4, 0.5) is 5.69 Å². The first-order valence-corrected chi connectivity index (χ1v) is 5.00. The Kier molecular flexibility index (Phi) is 2.68. The molecule has 2 rings (SSSR count). The van der Waals surface area contributed by atoms with Crippen molar-refractivity contribution in [3.05, 3.63) is 59.4 Å². The molecular formula is C13H12N2O. The SMILES string of the molecule is Cc1cc(N)cc(C(=O)c2ccccn2)c1. The maximum absolute atomic E-state index is 12.0. The largest absolute Gasteiger partial charge is 0.399 e. The zero-order valence-corrected chi connectivity index (χ0v) is 8.97. The molecular weight excluding hydrogens is 200 g/mol. The fraction of sp³-hybridized carbons (Fsp3) is 0.0769. The lowest BCUT2D eigenvalue weighted by atomic mass is 10.0. The van der Waals surface area contributed by atoms with Crippen LogP contribution in [0.2, 0.25) is 0 Å². The van der Waals surface area contributed by atoms with Crippen LogP contribution in [0.5, 0.6) is 0 Å². The quantitative estimate of drug-likeness (QED) is 0.613. The van der Waals surface area contributed by atoms with E-state index in [-0.39, 0.29) is 5.78 Å². The van der Waals surface area contributed by atoms with Gasteiger partial charge < -0.3 is 5.73 Å². The Hall–Kier alpha value is -2.16. The molecule has 0 unspecified atom stereocenters. The average molecular weight is 212 g/mol. The lowest BCUT2D eigenvalue weighted by molar-refractivity contribution is 0.103. The maximum Gasteiger partial charge on any atom is 0.211 e. The first kappa shape index (κ1) is 10.4. The molecule has 0 aliphatic carbocycles. The molecule has 3 nitrogen and oxygen atoms in total. The molecule has 0 bridgehead atoms. The average Bonchev–Trinajstić information content (AvgIpc) is 2.28. The topological polar surface area (TPSA) is 56.0 Å². The zero-order valence-electron chi connectivity index (χ0n) is 8.97. The van der Waals surface area contributed by atoms with Crippen LogP contribution >= 0.6 is 0 Å². The number of hydrogen-bond donors (Lipinski definition) is 1. The van der Waals surface area contributed by atoms with Crippen LogP contribution in [0.15, 0.2) is 42.6 Å². The van der Waals surface area contributed by atoms with Crippen molar-refractivity contribution in [2.45, 2.75) is 6.92 Å². The van der Waals surface area contributed by atoms with Gasteiger partial charge in [-0.3, -0.25) is 9.78 Å². The van der Waals surface area contributed by atoms with Gasteiger partial charge in [0, 0.05) is 17.4 Å². The Morgan fingerprint density at radius 2 is 2.06 bits per heavy atom. The van der Waals surface area contributed by atoms with Crippen molar-refractivity contribution in [3.8, 4) is 0 Å². The molecule has 0 atom stereocenters. The van der Waals surface area contributed by atoms with E-state index in [9.17, 15) is 4.79 Å². The molecule has 0 aliphatic rings. The molecule has 0 radical (unpaired) electrons. The Balaban J connectivity index is 2.42. The second kappa shape index (κ2) is 4.14. The summed E-state index contributed by atoms with van der Waals surface area (Å²) in [5.41, 5.74) is 8.29. The standard InChI is InChI=1S/C13H12N2O/c1-9-6-10(8-11(14)7-9)13(16)12-4-2-3-5-15-12/h2-8H,14H2,1H3. The van der Waals surface area contributed by atoms with Gasteiger partial charge in [-0.1, -0.05) is 6.07 Å². The van der Waals surface area contributed by atoms with Crippen LogP contribution in [-0.2, 0) is 0 Å². The van der Waals surface area contributed by atoms with Gasteiger partial charge in [0.25, 0.3) is 0 Å². The first-order chi connectivity index (χ1) is 7.66. The third-order valence-electron chi connectivity index (χ3n) is 2.26. The van der Waals surface area contributed by atoms with Crippen LogP contribution in [0.25, 0.3) is 0 Å². The Bertz CT molecular complexity index is 500. The molecule has 80 valence electrons. The number of aryl methyl sites for hydroxylation is 1. The number of carbonyl (C=O) groups is 1. The third-order valence-corrected chi connectivity index (χ3v) is 2.26. The number of pyridine rings is 1. The molecule has 0 spiro atoms. The number of nitrogens with two attached hydrogens (primary N) is 1. The Morgan fingerprint density at radius 1 is 1.25 bits per heavy atom. The van der Waals surface area contributed by atoms with Gasteiger partial charge in [-0.25, -0.2) is 0 Å². The summed E-state index contributed by atoms with van der Waals surface area (Å²) in [6.45, 7) is 1.91. The van der Waals surface area contributed by atoms with Crippen molar-refractivity contribution in [1.29, 1.82) is 0 Å². The minimum Gasteiger partial charge on any atom is -0.399 e. The number of ketones is 1. The highest BCUT2D eigenvalue weighted by atomic mass is 16.1. The normalized spacial score (nSPS) is 10.1. The predicted octanol–water partition coefficient (Wildman–Crippen LogP) is 2.20. The van der Waals surface area contributed by atoms with Crippen LogP contribution in [0.1, 0.15) is 21.6 Å². The van der Waals surface area contributed by atoms with Crippen LogP contribution in [0.3, 0.4) is 0 Å². The highest BCUT2D eigenvalue weighted by Gasteiger charge is 2.10. The zero-order chi connectivity index (χ0) is 11.5. The van der Waals surface area contributed by atoms with E-state index in [1.165, 1.54) is 0 Å². The van der Waals surface area contributed by atoms with Crippen molar-refractivity contribution < 1.29 is 4.79 Å². The van der Waals surface area contributed by atoms with Gasteiger partial charge in [0.05, 0.1) is 0 Å². The number of anilines is 1. The number of carbonyl (C=O) groups excluding carboxylic acids is 1. The first-order valence-electron chi connectivity index (χ1n) is 5.00. The highest BCUT2D eigenvalue weighted by molar-refractivity contribution is 6.08. The van der Waals surface area contributed by atoms with E-state index in [0.717, 1.165) is 5.56 Å². The van der Waals surface area contributed by atoms with Gasteiger partial charge in [-0.05, 0) is 42.8 Å². The lowest BCUT2D eigenvalue weighted by Gasteiger charge is -2.03. The minimum absolute atomic E-state index is 0.101. The van der Waals surface area contributed by atoms with Crippen LogP contribution < -0.4 is 5.73 Å². The fourth-order valence-electron chi connectivity index (χ4n) is 1.59. The maximum atomic E-state index is 12.0. The van der Waals surface area contributed by atoms with E-state index in [1.807, 2.05) is 19.1 Å². The van der Waals surface area contributed by atoms with E-state index >= 15 is 0 Å². The number of nitrogens with zero attached hydrogens (tertiary/aromatic N) is 1. The van der Waals surface area contributed by atoms with Crippen molar-refractivity contribution in [1.82, 2.24) is 4.98 Å². The highest BCUT2D eigenvalue weighted by Crippen LogP contribution is 2.14. The molecule has 0 saturated carbocycles. The van der Waals surface area contributed by atoms with Gasteiger partial charge in [-0.15, -0.1) is 0 Å². The van der Waals surface area contributed by atoms with Gasteiger partial charge >= 0.3 is 0 Å². The smallest absolute Gasteiger partial charge is 0.211 e. The van der Waals surface area contributed by atoms with Crippen molar-refractivity contribution >= 4 is 11.5 Å². The summed E-state index contributed by atoms with van der Waals surface area (Å²) in [4.78, 5) is 16.1. The van der Waals surface area contributed by atoms with E-state index in [2.05, 4.69) is 4.98 Å². The number of rotatable bonds is 2. The summed E-state index contributed by atoms with van der Waals surface area (Å²) in [6, 6.07) is 10.6. The summed E-state index contributed by atoms with van der Waals surface area (Å²) in [5.74, 6) is -0.101. The monoisotopic (exact) mass is 212 g/mol. The molecule has 1 heterocycles. The van der Waals surface area contributed by atoms with Gasteiger partial charge in [0.2, 0.25) is 5.78 Å². The van der Waals surface area contributed by atoms with E-state index < -0.39 is 0 Å². The molecule has 0 amide bonds. The molecule has 0 aliphatic heterocycles. The Labute approximate surface area is 93.9 Å². The van der Waals surface area contributed by atoms with Gasteiger partial charge in [0.1, 0.15) is 5.69 Å². The molecule has 16 heavy (non-hydrogen) atoms. The summed E-state index contributed by atoms with van der Waals surface area (Å²) in [7, 11) is 0. The van der Waals surface area contributed by atoms with Crippen molar-refractivity contribution in [2.75, 3.05) is 5.73 Å². The Morgan fingerprint density at radius 3 is 2.69 bits per heavy atom. The lowest BCUT2D eigenvalue weighted by Crippen LogP contribution is -2.04. The number of nitrogen functional groups attached to an aromatic ring is 1. The van der Waals surface area contributed by atoms with Gasteiger partial charge in [-0.2, -0.15) is 0 Å². The van der Waals surface area contributed by atoms with E-state index in [4.69, 9.17) is 5.73 Å². The second-order valence-corrected chi connectivity index (χ2v) is 3.68. The van der Waals surface area contributed by atoms with Crippen LogP contribution in [0, 0.1) is 6.92 Å². The van der Waals surface area contributed by atoms with Crippen LogP contribution in [-0.4, -0.2) is 10.8 Å². The number of benzene rings is 1. The molecule has 0 fully saturated rings. The summed E-state index contributed by atoms with van der Waals surface area (Å²) < 4.78 is 0. The number of hydrogen-bond acceptors (Lipinski definition) is 3. The summed E-state index contributed by atoms with van der Waals surface area (Å²) in [6.07, 6.45) is 1.60. The summed E-state index contributed by atoms with van der Waals surface area (Å²) in [5, 5.41) is 0. The molecule has 2 aromatic rings. The minimum atomic E-state index is -0.101. The predicted molar refractivity (Wildman–Crippen MR) is 63.3 cm³/mol. The third kappa shape index (κ3) is 2.08. The van der Waals surface area contributed by atoms with E-state index in [1.54, 1.807) is 30.5 Å². The van der Waals surface area contributed by atoms with E-state index in [0.29, 0.717) is 16.9 Å². The molecule has 0 saturated heterocycles. The fourth-order valence-corrected chi connectivity index (χ4v) is 1.59. The molecule has 3 heteroatoms. The van der Waals surface area contributed by atoms with Gasteiger partial charge in [0.15, 0.2) is 0 Å². The summed E-state index contributed by atoms with van der Waals surface area (Å²) >= 11 is 0.